The molecule has 14 unspecified atom stereocenters. The van der Waals surface area contributed by atoms with Gasteiger partial charge in [0.25, 0.3) is 0 Å². The van der Waals surface area contributed by atoms with E-state index in [-0.39, 0.29) is 44.3 Å². The molecule has 10 aliphatic carbocycles. The van der Waals surface area contributed by atoms with Gasteiger partial charge in [-0.2, -0.15) is 10.5 Å². The average molecular weight is 649 g/mol. The summed E-state index contributed by atoms with van der Waals surface area (Å²) in [6.07, 6.45) is 21.4. The van der Waals surface area contributed by atoms with Crippen LogP contribution in [0.4, 0.5) is 0 Å². The number of carbonyl (C=O) groups is 1. The molecule has 0 radical (unpaired) electrons. The molecule has 3 nitrogen and oxygen atoms in total. The van der Waals surface area contributed by atoms with Gasteiger partial charge in [0.05, 0.1) is 24.0 Å². The van der Waals surface area contributed by atoms with Crippen molar-refractivity contribution in [3.63, 3.8) is 0 Å². The van der Waals surface area contributed by atoms with Crippen LogP contribution in [0.25, 0.3) is 0 Å². The van der Waals surface area contributed by atoms with Crippen molar-refractivity contribution in [1.82, 2.24) is 0 Å². The second-order valence-corrected chi connectivity index (χ2v) is 20.8. The topological polar surface area (TPSA) is 64.7 Å². The van der Waals surface area contributed by atoms with E-state index in [9.17, 15) is 10.5 Å². The number of ketones is 1. The number of hydrogen-bond donors (Lipinski definition) is 0. The largest absolute Gasteiger partial charge is 0.298 e. The second-order valence-electron chi connectivity index (χ2n) is 20.8. The Balaban J connectivity index is 1.13. The first-order valence-electron chi connectivity index (χ1n) is 20.4. The van der Waals surface area contributed by atoms with Gasteiger partial charge in [-0.25, -0.2) is 0 Å². The van der Waals surface area contributed by atoms with Crippen LogP contribution in [0.1, 0.15) is 145 Å². The molecule has 6 saturated carbocycles. The first-order valence-corrected chi connectivity index (χ1v) is 20.4. The van der Waals surface area contributed by atoms with Crippen LogP contribution in [0.5, 0.6) is 0 Å². The quantitative estimate of drug-likeness (QED) is 0.285. The molecule has 0 saturated heterocycles. The van der Waals surface area contributed by atoms with Crippen LogP contribution in [0.2, 0.25) is 0 Å². The molecule has 48 heavy (non-hydrogen) atoms. The Labute approximate surface area is 292 Å². The Hall–Kier alpha value is -1.87. The lowest BCUT2D eigenvalue weighted by molar-refractivity contribution is -0.194. The SMILES string of the molecule is CC(C)C1=CC23CCC4C(C)(C(=O)C5(C)CCCC6(C)C7CC8C(C(C)C)=CC7(CCC56)CC8C#N)CCCC4(C)C2CC1C(C#N)C3. The minimum Gasteiger partial charge on any atom is -0.298 e. The zero-order valence-corrected chi connectivity index (χ0v) is 31.6. The summed E-state index contributed by atoms with van der Waals surface area (Å²) in [5, 5.41) is 20.5. The van der Waals surface area contributed by atoms with Gasteiger partial charge in [-0.05, 0) is 146 Å². The maximum Gasteiger partial charge on any atom is 0.145 e. The molecular formula is C45H64N2O. The Kier molecular flexibility index (Phi) is 7.34. The van der Waals surface area contributed by atoms with E-state index in [2.05, 4.69) is 79.7 Å². The first kappa shape index (κ1) is 33.3. The van der Waals surface area contributed by atoms with Gasteiger partial charge in [0.15, 0.2) is 0 Å². The third kappa shape index (κ3) is 4.06. The summed E-state index contributed by atoms with van der Waals surface area (Å²) in [6, 6.07) is 5.55. The number of hydrogen-bond acceptors (Lipinski definition) is 3. The van der Waals surface area contributed by atoms with Gasteiger partial charge < -0.3 is 0 Å². The Morgan fingerprint density at radius 3 is 1.40 bits per heavy atom. The third-order valence-corrected chi connectivity index (χ3v) is 18.3. The van der Waals surface area contributed by atoms with Crippen LogP contribution in [0.15, 0.2) is 23.3 Å². The van der Waals surface area contributed by atoms with E-state index >= 15 is 4.79 Å². The molecule has 3 heteroatoms. The predicted molar refractivity (Wildman–Crippen MR) is 192 cm³/mol. The zero-order chi connectivity index (χ0) is 34.2. The van der Waals surface area contributed by atoms with E-state index in [4.69, 9.17) is 0 Å². The maximum absolute atomic E-state index is 15.8. The van der Waals surface area contributed by atoms with Crippen molar-refractivity contribution in [2.75, 3.05) is 0 Å². The molecule has 0 aromatic rings. The number of nitrogens with zero attached hydrogens (tertiary/aromatic N) is 2. The fourth-order valence-electron chi connectivity index (χ4n) is 16.6. The maximum atomic E-state index is 15.8. The van der Waals surface area contributed by atoms with E-state index in [0.29, 0.717) is 53.1 Å². The lowest BCUT2D eigenvalue weighted by atomic mass is 9.34. The summed E-state index contributed by atoms with van der Waals surface area (Å²) in [5.41, 5.74) is 3.22. The lowest BCUT2D eigenvalue weighted by Crippen LogP contribution is -2.65. The average Bonchev–Trinajstić information content (AvgIpc) is 3.06. The van der Waals surface area contributed by atoms with Crippen molar-refractivity contribution < 1.29 is 4.79 Å². The molecule has 260 valence electrons. The minimum absolute atomic E-state index is 0.149. The van der Waals surface area contributed by atoms with E-state index in [0.717, 1.165) is 64.2 Å². The summed E-state index contributed by atoms with van der Waals surface area (Å²) in [5.74, 6) is 4.89. The summed E-state index contributed by atoms with van der Waals surface area (Å²) >= 11 is 0. The van der Waals surface area contributed by atoms with Gasteiger partial charge in [-0.3, -0.25) is 4.79 Å². The monoisotopic (exact) mass is 649 g/mol. The van der Waals surface area contributed by atoms with Crippen molar-refractivity contribution in [3.05, 3.63) is 23.3 Å². The lowest BCUT2D eigenvalue weighted by Gasteiger charge is -2.70. The van der Waals surface area contributed by atoms with Crippen molar-refractivity contribution in [1.29, 1.82) is 10.5 Å². The van der Waals surface area contributed by atoms with Gasteiger partial charge in [0.2, 0.25) is 0 Å². The number of fused-ring (bicyclic) bond motifs is 4. The van der Waals surface area contributed by atoms with Crippen LogP contribution in [0, 0.1) is 114 Å². The van der Waals surface area contributed by atoms with Crippen LogP contribution in [-0.2, 0) is 4.79 Å². The molecule has 2 spiro atoms. The highest BCUT2D eigenvalue weighted by molar-refractivity contribution is 5.91. The number of Topliss-reactive ketones (excluding diaryl/α,β-unsaturated/α-hetero) is 1. The minimum atomic E-state index is -0.269. The second kappa shape index (κ2) is 10.6. The molecule has 0 aromatic carbocycles. The Morgan fingerprint density at radius 1 is 0.646 bits per heavy atom. The molecule has 0 amide bonds. The van der Waals surface area contributed by atoms with Crippen LogP contribution in [0.3, 0.4) is 0 Å². The normalized spacial score (nSPS) is 53.4. The van der Waals surface area contributed by atoms with Crippen molar-refractivity contribution in [2.24, 2.45) is 91.7 Å². The fourth-order valence-corrected chi connectivity index (χ4v) is 16.6. The van der Waals surface area contributed by atoms with Gasteiger partial charge >= 0.3 is 0 Å². The molecule has 4 bridgehead atoms. The standard InChI is InChI=1S/C45H64N2O/c1-27(2)33-23-44-17-11-35-40(5,37(44)19-31(33)29(21-44)25-46)13-9-15-42(35,7)39(48)43(8)16-10-14-41(6)36(43)12-18-45-22-30(26-47)32(20-38(41)45)34(24-45)28(3)4/h23-24,27-32,35-38H,9-22H2,1-8H3. The number of carbonyl (C=O) groups excluding carboxylic acids is 1. The Bertz CT molecular complexity index is 1430. The first-order chi connectivity index (χ1) is 22.6. The number of allylic oxidation sites excluding steroid dienone is 4. The summed E-state index contributed by atoms with van der Waals surface area (Å²) in [7, 11) is 0. The van der Waals surface area contributed by atoms with Crippen molar-refractivity contribution in [3.8, 4) is 12.1 Å². The molecule has 0 heterocycles. The molecule has 0 aromatic heterocycles. The number of rotatable bonds is 4. The highest BCUT2D eigenvalue weighted by Gasteiger charge is 2.70. The van der Waals surface area contributed by atoms with Crippen molar-refractivity contribution in [2.45, 2.75) is 145 Å². The predicted octanol–water partition coefficient (Wildman–Crippen LogP) is 11.3. The van der Waals surface area contributed by atoms with E-state index in [1.807, 2.05) is 0 Å². The van der Waals surface area contributed by atoms with Crippen LogP contribution >= 0.6 is 0 Å². The molecule has 10 rings (SSSR count). The zero-order valence-electron chi connectivity index (χ0n) is 31.6. The molecule has 0 aliphatic heterocycles. The fraction of sp³-hybridized carbons (Fsp3) is 0.844. The van der Waals surface area contributed by atoms with Gasteiger partial charge in [0.1, 0.15) is 5.78 Å². The van der Waals surface area contributed by atoms with E-state index < -0.39 is 0 Å². The summed E-state index contributed by atoms with van der Waals surface area (Å²) < 4.78 is 0. The van der Waals surface area contributed by atoms with Crippen LogP contribution < -0.4 is 0 Å². The van der Waals surface area contributed by atoms with Gasteiger partial charge in [0, 0.05) is 10.8 Å². The molecule has 14 atom stereocenters. The summed E-state index contributed by atoms with van der Waals surface area (Å²) in [4.78, 5) is 15.8. The van der Waals surface area contributed by atoms with Gasteiger partial charge in [-0.15, -0.1) is 0 Å². The molecule has 0 N–H and O–H groups in total. The molecule has 10 aliphatic rings. The number of nitriles is 2. The Morgan fingerprint density at radius 2 is 1.04 bits per heavy atom. The smallest absolute Gasteiger partial charge is 0.145 e. The highest BCUT2D eigenvalue weighted by atomic mass is 16.1. The highest BCUT2D eigenvalue weighted by Crippen LogP contribution is 2.75. The van der Waals surface area contributed by atoms with Crippen molar-refractivity contribution >= 4 is 5.78 Å². The van der Waals surface area contributed by atoms with E-state index in [1.165, 1.54) is 25.7 Å². The summed E-state index contributed by atoms with van der Waals surface area (Å²) in [6.45, 7) is 19.5. The van der Waals surface area contributed by atoms with Crippen LogP contribution in [-0.4, -0.2) is 5.78 Å². The van der Waals surface area contributed by atoms with E-state index in [1.54, 1.807) is 11.1 Å². The molecule has 6 fully saturated rings. The molecular weight excluding hydrogens is 585 g/mol. The third-order valence-electron chi connectivity index (χ3n) is 18.3. The van der Waals surface area contributed by atoms with Gasteiger partial charge in [-0.1, -0.05) is 91.5 Å².